The van der Waals surface area contributed by atoms with E-state index >= 15 is 0 Å². The van der Waals surface area contributed by atoms with E-state index in [9.17, 15) is 14.0 Å². The van der Waals surface area contributed by atoms with Crippen molar-refractivity contribution in [3.05, 3.63) is 30.1 Å². The second kappa shape index (κ2) is 7.03. The summed E-state index contributed by atoms with van der Waals surface area (Å²) in [5.41, 5.74) is -0.451. The molecule has 0 saturated heterocycles. The Morgan fingerprint density at radius 1 is 1.25 bits per heavy atom. The number of carbonyl (C=O) groups excluding carboxylic acids is 2. The molecule has 1 aromatic rings. The maximum absolute atomic E-state index is 13.2. The summed E-state index contributed by atoms with van der Waals surface area (Å²) in [5, 5.41) is 2.73. The Hall–Kier alpha value is -1.91. The van der Waals surface area contributed by atoms with Gasteiger partial charge in [-0.25, -0.2) is 4.39 Å². The molecule has 1 amide bonds. The molecule has 0 aromatic heterocycles. The lowest BCUT2D eigenvalue weighted by molar-refractivity contribution is -0.135. The van der Waals surface area contributed by atoms with Crippen LogP contribution in [0.5, 0.6) is 5.75 Å². The molecule has 4 nitrogen and oxygen atoms in total. The highest BCUT2D eigenvalue weighted by atomic mass is 19.1. The molecule has 0 unspecified atom stereocenters. The number of benzene rings is 1. The van der Waals surface area contributed by atoms with Gasteiger partial charge in [-0.2, -0.15) is 0 Å². The summed E-state index contributed by atoms with van der Waals surface area (Å²) < 4.78 is 18.1. The number of carbonyl (C=O) groups is 2. The molecule has 20 heavy (non-hydrogen) atoms. The van der Waals surface area contributed by atoms with Crippen LogP contribution in [0.4, 0.5) is 4.39 Å². The fourth-order valence-corrected chi connectivity index (χ4v) is 1.40. The predicted octanol–water partition coefficient (Wildman–Crippen LogP) is 2.67. The summed E-state index contributed by atoms with van der Waals surface area (Å²) in [6.45, 7) is 5.83. The summed E-state index contributed by atoms with van der Waals surface area (Å²) in [5.74, 6) is -1.22. The number of rotatable bonds is 5. The van der Waals surface area contributed by atoms with Gasteiger partial charge in [0.05, 0.1) is 0 Å². The maximum Gasteiger partial charge on any atom is 0.311 e. The van der Waals surface area contributed by atoms with Crippen LogP contribution in [-0.2, 0) is 9.59 Å². The number of para-hydroxylation sites is 1. The lowest BCUT2D eigenvalue weighted by Crippen LogP contribution is -2.35. The van der Waals surface area contributed by atoms with E-state index in [1.807, 2.05) is 20.8 Å². The number of nitrogens with one attached hydrogen (secondary N) is 1. The van der Waals surface area contributed by atoms with Gasteiger partial charge in [-0.1, -0.05) is 32.9 Å². The average Bonchev–Trinajstić information content (AvgIpc) is 2.36. The van der Waals surface area contributed by atoms with E-state index in [0.717, 1.165) is 0 Å². The summed E-state index contributed by atoms with van der Waals surface area (Å²) in [6, 6.07) is 5.74. The third kappa shape index (κ3) is 5.38. The Bertz CT molecular complexity index is 480. The molecule has 0 aliphatic heterocycles. The largest absolute Gasteiger partial charge is 0.423 e. The van der Waals surface area contributed by atoms with Crippen LogP contribution in [0, 0.1) is 11.2 Å². The van der Waals surface area contributed by atoms with Crippen molar-refractivity contribution < 1.29 is 18.7 Å². The molecule has 0 fully saturated rings. The highest BCUT2D eigenvalue weighted by Gasteiger charge is 2.20. The first-order valence-corrected chi connectivity index (χ1v) is 6.54. The molecule has 5 heteroatoms. The first-order valence-electron chi connectivity index (χ1n) is 6.54. The van der Waals surface area contributed by atoms with Crippen LogP contribution >= 0.6 is 0 Å². The fourth-order valence-electron chi connectivity index (χ4n) is 1.40. The van der Waals surface area contributed by atoms with Gasteiger partial charge in [-0.15, -0.1) is 0 Å². The van der Waals surface area contributed by atoms with Crippen LogP contribution in [0.15, 0.2) is 24.3 Å². The molecule has 0 aliphatic carbocycles. The summed E-state index contributed by atoms with van der Waals surface area (Å²) in [6.07, 6.45) is 0.577. The molecule has 1 N–H and O–H groups in total. The Labute approximate surface area is 118 Å². The standard InChI is InChI=1S/C15H20FNO3/c1-15(2,3)14(19)17-10-6-9-13(18)20-12-8-5-4-7-11(12)16/h4-5,7-8H,6,9-10H2,1-3H3,(H,17,19). The lowest BCUT2D eigenvalue weighted by atomic mass is 9.96. The van der Waals surface area contributed by atoms with Crippen LogP contribution in [0.25, 0.3) is 0 Å². The third-order valence-corrected chi connectivity index (χ3v) is 2.58. The molecule has 0 bridgehead atoms. The van der Waals surface area contributed by atoms with Crippen LogP contribution in [0.2, 0.25) is 0 Å². The fraction of sp³-hybridized carbons (Fsp3) is 0.467. The smallest absolute Gasteiger partial charge is 0.311 e. The van der Waals surface area contributed by atoms with E-state index in [1.54, 1.807) is 6.07 Å². The summed E-state index contributed by atoms with van der Waals surface area (Å²) in [7, 11) is 0. The van der Waals surface area contributed by atoms with Gasteiger partial charge in [0.1, 0.15) is 0 Å². The van der Waals surface area contributed by atoms with Crippen molar-refractivity contribution in [2.45, 2.75) is 33.6 Å². The van der Waals surface area contributed by atoms with Crippen molar-refractivity contribution in [1.82, 2.24) is 5.32 Å². The van der Waals surface area contributed by atoms with Crippen molar-refractivity contribution in [1.29, 1.82) is 0 Å². The van der Waals surface area contributed by atoms with Crippen molar-refractivity contribution >= 4 is 11.9 Å². The molecule has 0 spiro atoms. The Balaban J connectivity index is 2.28. The summed E-state index contributed by atoms with van der Waals surface area (Å²) >= 11 is 0. The zero-order valence-electron chi connectivity index (χ0n) is 12.0. The zero-order valence-corrected chi connectivity index (χ0v) is 12.0. The van der Waals surface area contributed by atoms with Crippen LogP contribution in [0.1, 0.15) is 33.6 Å². The first kappa shape index (κ1) is 16.1. The highest BCUT2D eigenvalue weighted by molar-refractivity contribution is 5.81. The third-order valence-electron chi connectivity index (χ3n) is 2.58. The first-order chi connectivity index (χ1) is 9.30. The van der Waals surface area contributed by atoms with Gasteiger partial charge in [0.25, 0.3) is 0 Å². The Morgan fingerprint density at radius 3 is 2.50 bits per heavy atom. The topological polar surface area (TPSA) is 55.4 Å². The van der Waals surface area contributed by atoms with Gasteiger partial charge < -0.3 is 10.1 Å². The molecule has 1 rings (SSSR count). The number of halogens is 1. The second-order valence-electron chi connectivity index (χ2n) is 5.51. The molecule has 110 valence electrons. The quantitative estimate of drug-likeness (QED) is 0.513. The average molecular weight is 281 g/mol. The van der Waals surface area contributed by atoms with E-state index in [2.05, 4.69) is 5.32 Å². The number of amides is 1. The minimum atomic E-state index is -0.568. The number of ether oxygens (including phenoxy) is 1. The molecule has 0 aliphatic rings. The summed E-state index contributed by atoms with van der Waals surface area (Å²) in [4.78, 5) is 23.1. The molecule has 0 radical (unpaired) electrons. The molecule has 0 saturated carbocycles. The van der Waals surface area contributed by atoms with Gasteiger partial charge in [0, 0.05) is 18.4 Å². The van der Waals surface area contributed by atoms with Crippen molar-refractivity contribution in [3.8, 4) is 5.75 Å². The van der Waals surface area contributed by atoms with E-state index < -0.39 is 17.2 Å². The van der Waals surface area contributed by atoms with Crippen LogP contribution in [0.3, 0.4) is 0 Å². The van der Waals surface area contributed by atoms with Crippen molar-refractivity contribution in [2.24, 2.45) is 5.41 Å². The van der Waals surface area contributed by atoms with E-state index in [-0.39, 0.29) is 18.1 Å². The maximum atomic E-state index is 13.2. The van der Waals surface area contributed by atoms with Gasteiger partial charge in [0.15, 0.2) is 11.6 Å². The molecule has 1 aromatic carbocycles. The van der Waals surface area contributed by atoms with Gasteiger partial charge in [-0.3, -0.25) is 9.59 Å². The number of esters is 1. The molecule has 0 heterocycles. The van der Waals surface area contributed by atoms with Crippen LogP contribution < -0.4 is 10.1 Å². The number of hydrogen-bond acceptors (Lipinski definition) is 3. The predicted molar refractivity (Wildman–Crippen MR) is 73.7 cm³/mol. The molecular formula is C15H20FNO3. The Morgan fingerprint density at radius 2 is 1.90 bits per heavy atom. The normalized spacial score (nSPS) is 11.0. The number of hydrogen-bond donors (Lipinski definition) is 1. The van der Waals surface area contributed by atoms with Gasteiger partial charge >= 0.3 is 5.97 Å². The van der Waals surface area contributed by atoms with Gasteiger partial charge in [0.2, 0.25) is 5.91 Å². The van der Waals surface area contributed by atoms with Crippen molar-refractivity contribution in [2.75, 3.05) is 6.54 Å². The minimum Gasteiger partial charge on any atom is -0.423 e. The second-order valence-corrected chi connectivity index (χ2v) is 5.51. The lowest BCUT2D eigenvalue weighted by Gasteiger charge is -2.17. The van der Waals surface area contributed by atoms with E-state index in [4.69, 9.17) is 4.74 Å². The minimum absolute atomic E-state index is 0.0695. The highest BCUT2D eigenvalue weighted by Crippen LogP contribution is 2.16. The molecule has 0 atom stereocenters. The van der Waals surface area contributed by atoms with E-state index in [0.29, 0.717) is 13.0 Å². The van der Waals surface area contributed by atoms with Crippen molar-refractivity contribution in [3.63, 3.8) is 0 Å². The molecular weight excluding hydrogens is 261 g/mol. The SMILES string of the molecule is CC(C)(C)C(=O)NCCCC(=O)Oc1ccccc1F. The zero-order chi connectivity index (χ0) is 15.2. The van der Waals surface area contributed by atoms with Gasteiger partial charge in [-0.05, 0) is 18.6 Å². The van der Waals surface area contributed by atoms with Crippen LogP contribution in [-0.4, -0.2) is 18.4 Å². The Kier molecular flexibility index (Phi) is 5.67. The van der Waals surface area contributed by atoms with E-state index in [1.165, 1.54) is 18.2 Å². The monoisotopic (exact) mass is 281 g/mol.